The predicted octanol–water partition coefficient (Wildman–Crippen LogP) is -0.0298. The zero-order chi connectivity index (χ0) is 18.0. The SMILES string of the molecule is CN1CC(=O)N(CC(=O)N2CCNC(=O)C[C@H]2c2ccccc2)C1=O. The van der Waals surface area contributed by atoms with Crippen molar-refractivity contribution in [2.75, 3.05) is 33.2 Å². The fourth-order valence-corrected chi connectivity index (χ4v) is 3.15. The van der Waals surface area contributed by atoms with Crippen LogP contribution in [0.1, 0.15) is 18.0 Å². The molecular formula is C17H20N4O4. The quantitative estimate of drug-likeness (QED) is 0.780. The summed E-state index contributed by atoms with van der Waals surface area (Å²) in [6, 6.07) is 8.41. The van der Waals surface area contributed by atoms with E-state index in [2.05, 4.69) is 5.32 Å². The van der Waals surface area contributed by atoms with Crippen LogP contribution in [0.3, 0.4) is 0 Å². The number of benzene rings is 1. The Labute approximate surface area is 145 Å². The number of imide groups is 1. The average Bonchev–Trinajstić information content (AvgIpc) is 2.77. The molecule has 3 rings (SSSR count). The standard InChI is InChI=1S/C17H20N4O4/c1-19-10-15(23)21(17(19)25)11-16(24)20-8-7-18-14(22)9-13(20)12-5-3-2-4-6-12/h2-6,13H,7-11H2,1H3,(H,18,22)/t13-/m0/s1. The molecule has 0 aliphatic carbocycles. The maximum atomic E-state index is 12.8. The van der Waals surface area contributed by atoms with Crippen LogP contribution in [0.2, 0.25) is 0 Å². The number of amides is 5. The Kier molecular flexibility index (Phi) is 4.69. The lowest BCUT2D eigenvalue weighted by Gasteiger charge is -2.30. The second-order valence-corrected chi connectivity index (χ2v) is 6.19. The van der Waals surface area contributed by atoms with Crippen molar-refractivity contribution in [3.8, 4) is 0 Å². The topological polar surface area (TPSA) is 90.0 Å². The fraction of sp³-hybridized carbons (Fsp3) is 0.412. The zero-order valence-corrected chi connectivity index (χ0v) is 14.0. The summed E-state index contributed by atoms with van der Waals surface area (Å²) >= 11 is 0. The van der Waals surface area contributed by atoms with Gasteiger partial charge in [-0.1, -0.05) is 30.3 Å². The third-order valence-electron chi connectivity index (χ3n) is 4.46. The number of urea groups is 1. The van der Waals surface area contributed by atoms with Gasteiger partial charge >= 0.3 is 6.03 Å². The summed E-state index contributed by atoms with van der Waals surface area (Å²) < 4.78 is 0. The van der Waals surface area contributed by atoms with Crippen LogP contribution in [0.5, 0.6) is 0 Å². The molecule has 0 unspecified atom stereocenters. The Balaban J connectivity index is 1.82. The minimum absolute atomic E-state index is 0.0196. The van der Waals surface area contributed by atoms with Crippen LogP contribution in [-0.2, 0) is 14.4 Å². The van der Waals surface area contributed by atoms with Crippen LogP contribution < -0.4 is 5.32 Å². The Morgan fingerprint density at radius 2 is 1.92 bits per heavy atom. The molecule has 0 saturated carbocycles. The smallest absolute Gasteiger partial charge is 0.327 e. The van der Waals surface area contributed by atoms with Gasteiger partial charge in [0.2, 0.25) is 11.8 Å². The van der Waals surface area contributed by atoms with E-state index in [-0.39, 0.29) is 37.2 Å². The molecule has 0 spiro atoms. The van der Waals surface area contributed by atoms with Crippen molar-refractivity contribution in [1.82, 2.24) is 20.0 Å². The van der Waals surface area contributed by atoms with Gasteiger partial charge in [-0.05, 0) is 5.56 Å². The first-order chi connectivity index (χ1) is 12.0. The van der Waals surface area contributed by atoms with E-state index in [0.717, 1.165) is 10.5 Å². The normalized spacial score (nSPS) is 21.4. The lowest BCUT2D eigenvalue weighted by molar-refractivity contribution is -0.138. The second kappa shape index (κ2) is 6.92. The zero-order valence-electron chi connectivity index (χ0n) is 14.0. The van der Waals surface area contributed by atoms with Gasteiger partial charge in [-0.3, -0.25) is 19.3 Å². The van der Waals surface area contributed by atoms with E-state index in [9.17, 15) is 19.2 Å². The number of nitrogens with zero attached hydrogens (tertiary/aromatic N) is 3. The van der Waals surface area contributed by atoms with E-state index in [1.165, 1.54) is 11.9 Å². The number of carbonyl (C=O) groups is 4. The molecule has 0 aromatic heterocycles. The summed E-state index contributed by atoms with van der Waals surface area (Å²) in [4.78, 5) is 52.5. The van der Waals surface area contributed by atoms with Gasteiger partial charge in [-0.15, -0.1) is 0 Å². The van der Waals surface area contributed by atoms with Gasteiger partial charge in [0.15, 0.2) is 0 Å². The summed E-state index contributed by atoms with van der Waals surface area (Å²) in [5.41, 5.74) is 0.851. The summed E-state index contributed by atoms with van der Waals surface area (Å²) in [5.74, 6) is -0.860. The molecule has 1 atom stereocenters. The third kappa shape index (κ3) is 3.47. The van der Waals surface area contributed by atoms with Crippen molar-refractivity contribution in [2.45, 2.75) is 12.5 Å². The number of rotatable bonds is 3. The van der Waals surface area contributed by atoms with E-state index in [0.29, 0.717) is 13.1 Å². The Bertz CT molecular complexity index is 706. The van der Waals surface area contributed by atoms with Gasteiger partial charge < -0.3 is 15.1 Å². The minimum Gasteiger partial charge on any atom is -0.354 e. The highest BCUT2D eigenvalue weighted by Crippen LogP contribution is 2.26. The first-order valence-electron chi connectivity index (χ1n) is 8.14. The molecule has 8 nitrogen and oxygen atoms in total. The van der Waals surface area contributed by atoms with Gasteiger partial charge in [0, 0.05) is 20.1 Å². The molecule has 2 aliphatic rings. The molecule has 0 radical (unpaired) electrons. The molecule has 2 fully saturated rings. The lowest BCUT2D eigenvalue weighted by atomic mass is 10.0. The van der Waals surface area contributed by atoms with Crippen molar-refractivity contribution in [3.05, 3.63) is 35.9 Å². The van der Waals surface area contributed by atoms with Gasteiger partial charge in [0.1, 0.15) is 13.1 Å². The molecule has 2 heterocycles. The van der Waals surface area contributed by atoms with Crippen LogP contribution in [0.4, 0.5) is 4.79 Å². The molecule has 8 heteroatoms. The first-order valence-corrected chi connectivity index (χ1v) is 8.14. The minimum atomic E-state index is -0.473. The lowest BCUT2D eigenvalue weighted by Crippen LogP contribution is -2.45. The van der Waals surface area contributed by atoms with Crippen molar-refractivity contribution in [2.24, 2.45) is 0 Å². The highest BCUT2D eigenvalue weighted by molar-refractivity contribution is 6.04. The number of hydrogen-bond acceptors (Lipinski definition) is 4. The summed E-state index contributed by atoms with van der Waals surface area (Å²) in [6.07, 6.45) is 0.150. The molecule has 1 aromatic rings. The average molecular weight is 344 g/mol. The molecule has 1 aromatic carbocycles. The van der Waals surface area contributed by atoms with Gasteiger partial charge in [0.05, 0.1) is 12.5 Å². The van der Waals surface area contributed by atoms with Crippen molar-refractivity contribution in [3.63, 3.8) is 0 Å². The Hall–Kier alpha value is -2.90. The van der Waals surface area contributed by atoms with Crippen LogP contribution in [0.15, 0.2) is 30.3 Å². The molecular weight excluding hydrogens is 324 g/mol. The molecule has 25 heavy (non-hydrogen) atoms. The molecule has 1 N–H and O–H groups in total. The van der Waals surface area contributed by atoms with E-state index >= 15 is 0 Å². The van der Waals surface area contributed by atoms with E-state index in [1.807, 2.05) is 30.3 Å². The number of carbonyl (C=O) groups excluding carboxylic acids is 4. The van der Waals surface area contributed by atoms with Gasteiger partial charge in [-0.2, -0.15) is 0 Å². The number of hydrogen-bond donors (Lipinski definition) is 1. The van der Waals surface area contributed by atoms with Crippen LogP contribution in [0, 0.1) is 0 Å². The molecule has 5 amide bonds. The highest BCUT2D eigenvalue weighted by atomic mass is 16.2. The van der Waals surface area contributed by atoms with Crippen LogP contribution in [-0.4, -0.2) is 71.7 Å². The fourth-order valence-electron chi connectivity index (χ4n) is 3.15. The van der Waals surface area contributed by atoms with Crippen molar-refractivity contribution < 1.29 is 19.2 Å². The number of nitrogens with one attached hydrogen (secondary N) is 1. The van der Waals surface area contributed by atoms with Crippen LogP contribution >= 0.6 is 0 Å². The largest absolute Gasteiger partial charge is 0.354 e. The van der Waals surface area contributed by atoms with E-state index in [4.69, 9.17) is 0 Å². The van der Waals surface area contributed by atoms with Crippen molar-refractivity contribution >= 4 is 23.8 Å². The Morgan fingerprint density at radius 3 is 2.56 bits per heavy atom. The van der Waals surface area contributed by atoms with Gasteiger partial charge in [0.25, 0.3) is 5.91 Å². The van der Waals surface area contributed by atoms with E-state index in [1.54, 1.807) is 4.90 Å². The van der Waals surface area contributed by atoms with E-state index < -0.39 is 12.1 Å². The summed E-state index contributed by atoms with van der Waals surface area (Å²) in [6.45, 7) is 0.347. The van der Waals surface area contributed by atoms with Crippen LogP contribution in [0.25, 0.3) is 0 Å². The molecule has 0 bridgehead atoms. The molecule has 2 aliphatic heterocycles. The summed E-state index contributed by atoms with van der Waals surface area (Å²) in [7, 11) is 1.52. The Morgan fingerprint density at radius 1 is 1.20 bits per heavy atom. The maximum Gasteiger partial charge on any atom is 0.327 e. The van der Waals surface area contributed by atoms with Crippen molar-refractivity contribution in [1.29, 1.82) is 0 Å². The molecule has 2 saturated heterocycles. The highest BCUT2D eigenvalue weighted by Gasteiger charge is 2.37. The monoisotopic (exact) mass is 344 g/mol. The predicted molar refractivity (Wildman–Crippen MR) is 88.3 cm³/mol. The third-order valence-corrected chi connectivity index (χ3v) is 4.46. The maximum absolute atomic E-state index is 12.8. The molecule has 132 valence electrons. The summed E-state index contributed by atoms with van der Waals surface area (Å²) in [5, 5.41) is 2.76. The first kappa shape index (κ1) is 16.9. The second-order valence-electron chi connectivity index (χ2n) is 6.19. The van der Waals surface area contributed by atoms with Gasteiger partial charge in [-0.25, -0.2) is 4.79 Å². The number of likely N-dealkylation sites (N-methyl/N-ethyl adjacent to an activating group) is 1.